The normalized spacial score (nSPS) is 12.4. The Balaban J connectivity index is 2.40. The largest absolute Gasteiger partial charge is 0.356 e. The van der Waals surface area contributed by atoms with Crippen LogP contribution in [0.25, 0.3) is 0 Å². The summed E-state index contributed by atoms with van der Waals surface area (Å²) in [6, 6.07) is 8.83. The predicted molar refractivity (Wildman–Crippen MR) is 83.8 cm³/mol. The molecule has 0 bridgehead atoms. The van der Waals surface area contributed by atoms with E-state index in [9.17, 15) is 0 Å². The van der Waals surface area contributed by atoms with E-state index in [1.165, 1.54) is 11.1 Å². The van der Waals surface area contributed by atoms with E-state index in [0.29, 0.717) is 0 Å². The van der Waals surface area contributed by atoms with Crippen LogP contribution >= 0.6 is 0 Å². The van der Waals surface area contributed by atoms with E-state index in [-0.39, 0.29) is 5.54 Å². The number of benzene rings is 1. The topological polar surface area (TPSA) is 36.4 Å². The molecule has 106 valence electrons. The first-order chi connectivity index (χ1) is 8.94. The summed E-state index contributed by atoms with van der Waals surface area (Å²) in [5.74, 6) is 0.859. The van der Waals surface area contributed by atoms with Crippen molar-refractivity contribution < 1.29 is 0 Å². The summed E-state index contributed by atoms with van der Waals surface area (Å²) in [5, 5.41) is 6.69. The van der Waals surface area contributed by atoms with Crippen molar-refractivity contribution in [1.82, 2.24) is 10.6 Å². The van der Waals surface area contributed by atoms with Gasteiger partial charge in [0.2, 0.25) is 0 Å². The molecule has 0 aliphatic heterocycles. The van der Waals surface area contributed by atoms with Gasteiger partial charge < -0.3 is 10.6 Å². The Hall–Kier alpha value is -1.51. The van der Waals surface area contributed by atoms with Crippen molar-refractivity contribution in [3.05, 3.63) is 35.4 Å². The lowest BCUT2D eigenvalue weighted by Gasteiger charge is -2.23. The molecule has 0 aliphatic carbocycles. The first kappa shape index (κ1) is 15.5. The molecule has 1 rings (SSSR count). The van der Waals surface area contributed by atoms with E-state index >= 15 is 0 Å². The highest BCUT2D eigenvalue weighted by Gasteiger charge is 2.11. The highest BCUT2D eigenvalue weighted by Crippen LogP contribution is 2.05. The Morgan fingerprint density at radius 1 is 1.11 bits per heavy atom. The van der Waals surface area contributed by atoms with Crippen molar-refractivity contribution in [2.45, 2.75) is 46.1 Å². The Kier molecular flexibility index (Phi) is 5.87. The van der Waals surface area contributed by atoms with E-state index in [2.05, 4.69) is 67.6 Å². The van der Waals surface area contributed by atoms with Crippen molar-refractivity contribution in [3.8, 4) is 0 Å². The summed E-state index contributed by atoms with van der Waals surface area (Å²) >= 11 is 0. The zero-order valence-corrected chi connectivity index (χ0v) is 12.9. The van der Waals surface area contributed by atoms with Gasteiger partial charge in [-0.2, -0.15) is 0 Å². The van der Waals surface area contributed by atoms with Crippen LogP contribution in [0.2, 0.25) is 0 Å². The van der Waals surface area contributed by atoms with Crippen molar-refractivity contribution in [1.29, 1.82) is 0 Å². The summed E-state index contributed by atoms with van der Waals surface area (Å²) in [6.07, 6.45) is 2.11. The van der Waals surface area contributed by atoms with Crippen LogP contribution in [0.5, 0.6) is 0 Å². The molecule has 2 N–H and O–H groups in total. The van der Waals surface area contributed by atoms with Crippen LogP contribution in [0.15, 0.2) is 29.3 Å². The van der Waals surface area contributed by atoms with Gasteiger partial charge in [-0.05, 0) is 44.7 Å². The monoisotopic (exact) mass is 261 g/mol. The van der Waals surface area contributed by atoms with E-state index in [4.69, 9.17) is 0 Å². The molecule has 0 fully saturated rings. The van der Waals surface area contributed by atoms with Gasteiger partial charge in [0.25, 0.3) is 0 Å². The molecule has 0 saturated carbocycles. The van der Waals surface area contributed by atoms with Crippen molar-refractivity contribution in [2.24, 2.45) is 4.99 Å². The van der Waals surface area contributed by atoms with E-state index in [1.807, 2.05) is 0 Å². The second-order valence-corrected chi connectivity index (χ2v) is 5.79. The van der Waals surface area contributed by atoms with Crippen LogP contribution < -0.4 is 10.6 Å². The first-order valence-corrected chi connectivity index (χ1v) is 7.01. The molecule has 0 radical (unpaired) electrons. The third-order valence-electron chi connectivity index (χ3n) is 2.85. The number of aryl methyl sites for hydroxylation is 1. The van der Waals surface area contributed by atoms with Gasteiger partial charge in [0.15, 0.2) is 5.96 Å². The lowest BCUT2D eigenvalue weighted by Crippen LogP contribution is -2.48. The number of nitrogens with one attached hydrogen (secondary N) is 2. The quantitative estimate of drug-likeness (QED) is 0.646. The highest BCUT2D eigenvalue weighted by molar-refractivity contribution is 5.80. The number of nitrogens with zero attached hydrogens (tertiary/aromatic N) is 1. The maximum absolute atomic E-state index is 4.23. The average molecular weight is 261 g/mol. The van der Waals surface area contributed by atoms with E-state index < -0.39 is 0 Å². The van der Waals surface area contributed by atoms with Crippen LogP contribution in [0.4, 0.5) is 0 Å². The molecule has 1 aromatic rings. The second-order valence-electron chi connectivity index (χ2n) is 5.79. The lowest BCUT2D eigenvalue weighted by atomic mass is 10.1. The summed E-state index contributed by atoms with van der Waals surface area (Å²) in [6.45, 7) is 9.45. The van der Waals surface area contributed by atoms with Gasteiger partial charge >= 0.3 is 0 Å². The Bertz CT molecular complexity index is 399. The molecular formula is C16H27N3. The minimum atomic E-state index is 0.0324. The fourth-order valence-corrected chi connectivity index (χ4v) is 1.80. The van der Waals surface area contributed by atoms with Gasteiger partial charge in [0.05, 0.1) is 0 Å². The van der Waals surface area contributed by atoms with Gasteiger partial charge in [0, 0.05) is 19.1 Å². The fourth-order valence-electron chi connectivity index (χ4n) is 1.80. The van der Waals surface area contributed by atoms with Gasteiger partial charge in [-0.25, -0.2) is 0 Å². The number of aliphatic imine (C=N–C) groups is 1. The third kappa shape index (κ3) is 6.27. The zero-order valence-electron chi connectivity index (χ0n) is 12.9. The highest BCUT2D eigenvalue weighted by atomic mass is 15.2. The Morgan fingerprint density at radius 3 is 2.16 bits per heavy atom. The molecule has 3 heteroatoms. The average Bonchev–Trinajstić information content (AvgIpc) is 2.37. The summed E-state index contributed by atoms with van der Waals surface area (Å²) in [5.41, 5.74) is 2.78. The molecule has 1 aromatic carbocycles. The van der Waals surface area contributed by atoms with Gasteiger partial charge in [-0.3, -0.25) is 4.99 Å². The maximum Gasteiger partial charge on any atom is 0.191 e. The van der Waals surface area contributed by atoms with Gasteiger partial charge in [-0.1, -0.05) is 31.2 Å². The Morgan fingerprint density at radius 2 is 1.68 bits per heavy atom. The van der Waals surface area contributed by atoms with Crippen molar-refractivity contribution >= 4 is 5.96 Å². The van der Waals surface area contributed by atoms with Crippen LogP contribution in [-0.4, -0.2) is 25.1 Å². The summed E-state index contributed by atoms with van der Waals surface area (Å²) < 4.78 is 0. The Labute approximate surface area is 117 Å². The standard InChI is InChI=1S/C16H27N3/c1-6-13-7-9-14(10-8-13)11-12-18-15(17-5)19-16(2,3)4/h7-10H,6,11-12H2,1-5H3,(H2,17,18,19). The third-order valence-corrected chi connectivity index (χ3v) is 2.85. The second kappa shape index (κ2) is 7.17. The molecule has 0 heterocycles. The predicted octanol–water partition coefficient (Wildman–Crippen LogP) is 2.76. The van der Waals surface area contributed by atoms with Crippen LogP contribution in [0.3, 0.4) is 0 Å². The number of guanidine groups is 1. The smallest absolute Gasteiger partial charge is 0.191 e. The molecule has 0 aliphatic rings. The zero-order chi connectivity index (χ0) is 14.3. The molecule has 0 spiro atoms. The lowest BCUT2D eigenvalue weighted by molar-refractivity contribution is 0.501. The molecular weight excluding hydrogens is 234 g/mol. The number of hydrogen-bond donors (Lipinski definition) is 2. The molecule has 0 amide bonds. The summed E-state index contributed by atoms with van der Waals surface area (Å²) in [7, 11) is 1.80. The molecule has 0 atom stereocenters. The SMILES string of the molecule is CCc1ccc(CCNC(=NC)NC(C)(C)C)cc1. The minimum Gasteiger partial charge on any atom is -0.356 e. The molecule has 0 saturated heterocycles. The maximum atomic E-state index is 4.23. The number of hydrogen-bond acceptors (Lipinski definition) is 1. The molecule has 0 unspecified atom stereocenters. The summed E-state index contributed by atoms with van der Waals surface area (Å²) in [4.78, 5) is 4.23. The van der Waals surface area contributed by atoms with Crippen LogP contribution in [0.1, 0.15) is 38.8 Å². The van der Waals surface area contributed by atoms with Gasteiger partial charge in [-0.15, -0.1) is 0 Å². The molecule has 3 nitrogen and oxygen atoms in total. The first-order valence-electron chi connectivity index (χ1n) is 7.01. The van der Waals surface area contributed by atoms with Gasteiger partial charge in [0.1, 0.15) is 0 Å². The van der Waals surface area contributed by atoms with E-state index in [0.717, 1.165) is 25.3 Å². The fraction of sp³-hybridized carbons (Fsp3) is 0.562. The van der Waals surface area contributed by atoms with Crippen LogP contribution in [0, 0.1) is 0 Å². The number of rotatable bonds is 4. The minimum absolute atomic E-state index is 0.0324. The van der Waals surface area contributed by atoms with Crippen LogP contribution in [-0.2, 0) is 12.8 Å². The molecule has 0 aromatic heterocycles. The molecule has 19 heavy (non-hydrogen) atoms. The van der Waals surface area contributed by atoms with E-state index in [1.54, 1.807) is 7.05 Å². The van der Waals surface area contributed by atoms with Crippen molar-refractivity contribution in [2.75, 3.05) is 13.6 Å². The van der Waals surface area contributed by atoms with Crippen molar-refractivity contribution in [3.63, 3.8) is 0 Å².